The molecule has 0 aliphatic heterocycles. The minimum Gasteiger partial charge on any atom is -0.490 e. The Morgan fingerprint density at radius 1 is 0.963 bits per heavy atom. The van der Waals surface area contributed by atoms with Crippen LogP contribution in [0.3, 0.4) is 0 Å². The summed E-state index contributed by atoms with van der Waals surface area (Å²) in [7, 11) is 0. The molecule has 144 valence electrons. The maximum Gasteiger partial charge on any atom is 0.335 e. The molecule has 1 amide bonds. The second-order valence-corrected chi connectivity index (χ2v) is 7.31. The van der Waals surface area contributed by atoms with Gasteiger partial charge >= 0.3 is 5.97 Å². The normalized spacial score (nSPS) is 10.9. The Balaban J connectivity index is 1.85. The van der Waals surface area contributed by atoms with Gasteiger partial charge in [-0.15, -0.1) is 0 Å². The van der Waals surface area contributed by atoms with Gasteiger partial charge in [0.15, 0.2) is 0 Å². The highest BCUT2D eigenvalue weighted by Gasteiger charge is 2.17. The maximum absolute atomic E-state index is 12.1. The van der Waals surface area contributed by atoms with Gasteiger partial charge in [-0.2, -0.15) is 0 Å². The molecule has 0 aromatic heterocycles. The molecule has 6 nitrogen and oxygen atoms in total. The molecular formula is C21H25NO5. The zero-order chi connectivity index (χ0) is 19.9. The molecular weight excluding hydrogens is 346 g/mol. The van der Waals surface area contributed by atoms with Crippen molar-refractivity contribution >= 4 is 17.6 Å². The van der Waals surface area contributed by atoms with Gasteiger partial charge in [-0.1, -0.05) is 32.9 Å². The second-order valence-electron chi connectivity index (χ2n) is 7.31. The molecule has 0 bridgehead atoms. The molecule has 0 saturated carbocycles. The number of nitrogens with one attached hydrogen (secondary N) is 1. The summed E-state index contributed by atoms with van der Waals surface area (Å²) in [5.41, 5.74) is 0.736. The molecule has 2 N–H and O–H groups in total. The molecule has 0 heterocycles. The quantitative estimate of drug-likeness (QED) is 0.679. The van der Waals surface area contributed by atoms with Crippen molar-refractivity contribution in [2.24, 2.45) is 5.41 Å². The molecule has 0 atom stereocenters. The maximum atomic E-state index is 12.1. The van der Waals surface area contributed by atoms with Gasteiger partial charge in [-0.05, 0) is 41.8 Å². The lowest BCUT2D eigenvalue weighted by molar-refractivity contribution is -0.117. The van der Waals surface area contributed by atoms with E-state index in [1.807, 2.05) is 32.9 Å². The van der Waals surface area contributed by atoms with E-state index in [-0.39, 0.29) is 30.1 Å². The van der Waals surface area contributed by atoms with Crippen LogP contribution < -0.4 is 14.8 Å². The van der Waals surface area contributed by atoms with Crippen molar-refractivity contribution in [1.82, 2.24) is 0 Å². The highest BCUT2D eigenvalue weighted by molar-refractivity contribution is 5.92. The third-order valence-electron chi connectivity index (χ3n) is 3.56. The number of carbonyl (C=O) groups excluding carboxylic acids is 1. The standard InChI is InChI=1S/C21H25NO5/c1-21(2,3)14-19(23)22-17-6-4-5-7-18(17)27-13-12-26-16-10-8-15(9-11-16)20(24)25/h4-11H,12-14H2,1-3H3,(H,22,23)(H,24,25). The van der Waals surface area contributed by atoms with Crippen molar-refractivity contribution in [3.05, 3.63) is 54.1 Å². The summed E-state index contributed by atoms with van der Waals surface area (Å²) in [4.78, 5) is 23.0. The molecule has 2 rings (SSSR count). The molecule has 0 aliphatic carbocycles. The van der Waals surface area contributed by atoms with Gasteiger partial charge in [-0.3, -0.25) is 4.79 Å². The van der Waals surface area contributed by atoms with Crippen LogP contribution in [0.5, 0.6) is 11.5 Å². The van der Waals surface area contributed by atoms with Crippen LogP contribution in [0, 0.1) is 5.41 Å². The Hall–Kier alpha value is -3.02. The molecule has 6 heteroatoms. The van der Waals surface area contributed by atoms with Crippen LogP contribution in [0.1, 0.15) is 37.6 Å². The zero-order valence-corrected chi connectivity index (χ0v) is 15.8. The molecule has 0 radical (unpaired) electrons. The molecule has 2 aromatic rings. The van der Waals surface area contributed by atoms with E-state index in [0.717, 1.165) is 0 Å². The minimum atomic E-state index is -0.977. The van der Waals surface area contributed by atoms with E-state index in [4.69, 9.17) is 14.6 Å². The van der Waals surface area contributed by atoms with Gasteiger partial charge in [-0.25, -0.2) is 4.79 Å². The van der Waals surface area contributed by atoms with Crippen LogP contribution in [0.2, 0.25) is 0 Å². The molecule has 2 aromatic carbocycles. The third kappa shape index (κ3) is 7.01. The SMILES string of the molecule is CC(C)(C)CC(=O)Nc1ccccc1OCCOc1ccc(C(=O)O)cc1. The van der Waals surface area contributed by atoms with Crippen LogP contribution in [0.4, 0.5) is 5.69 Å². The summed E-state index contributed by atoms with van der Waals surface area (Å²) in [6.45, 7) is 6.60. The van der Waals surface area contributed by atoms with E-state index < -0.39 is 5.97 Å². The average Bonchev–Trinajstić information content (AvgIpc) is 2.58. The first-order valence-electron chi connectivity index (χ1n) is 8.72. The summed E-state index contributed by atoms with van der Waals surface area (Å²) in [5, 5.41) is 11.8. The summed E-state index contributed by atoms with van der Waals surface area (Å²) in [5.74, 6) is 0.100. The molecule has 0 saturated heterocycles. The zero-order valence-electron chi connectivity index (χ0n) is 15.8. The summed E-state index contributed by atoms with van der Waals surface area (Å²) >= 11 is 0. The van der Waals surface area contributed by atoms with Crippen LogP contribution in [-0.2, 0) is 4.79 Å². The number of hydrogen-bond donors (Lipinski definition) is 2. The fourth-order valence-corrected chi connectivity index (χ4v) is 2.38. The Morgan fingerprint density at radius 3 is 2.22 bits per heavy atom. The number of para-hydroxylation sites is 2. The highest BCUT2D eigenvalue weighted by Crippen LogP contribution is 2.26. The molecule has 0 aliphatic rings. The number of anilines is 1. The topological polar surface area (TPSA) is 84.9 Å². The van der Waals surface area contributed by atoms with Gasteiger partial charge in [0.1, 0.15) is 24.7 Å². The van der Waals surface area contributed by atoms with Crippen LogP contribution >= 0.6 is 0 Å². The number of rotatable bonds is 8. The Labute approximate surface area is 159 Å². The molecule has 27 heavy (non-hydrogen) atoms. The fraction of sp³-hybridized carbons (Fsp3) is 0.333. The number of aromatic carboxylic acids is 1. The third-order valence-corrected chi connectivity index (χ3v) is 3.56. The number of benzene rings is 2. The van der Waals surface area contributed by atoms with Crippen molar-refractivity contribution < 1.29 is 24.2 Å². The predicted molar refractivity (Wildman–Crippen MR) is 104 cm³/mol. The number of ether oxygens (including phenoxy) is 2. The summed E-state index contributed by atoms with van der Waals surface area (Å²) in [6, 6.07) is 13.4. The molecule has 0 unspecified atom stereocenters. The number of carboxylic acid groups (broad SMARTS) is 1. The first kappa shape index (κ1) is 20.3. The molecule has 0 fully saturated rings. The van der Waals surface area contributed by atoms with Gasteiger partial charge < -0.3 is 19.9 Å². The number of carboxylic acids is 1. The lowest BCUT2D eigenvalue weighted by Gasteiger charge is -2.18. The smallest absolute Gasteiger partial charge is 0.335 e. The van der Waals surface area contributed by atoms with E-state index in [1.54, 1.807) is 24.3 Å². The first-order chi connectivity index (χ1) is 12.7. The number of hydrogen-bond acceptors (Lipinski definition) is 4. The van der Waals surface area contributed by atoms with E-state index in [9.17, 15) is 9.59 Å². The largest absolute Gasteiger partial charge is 0.490 e. The van der Waals surface area contributed by atoms with E-state index in [0.29, 0.717) is 23.6 Å². The number of amides is 1. The van der Waals surface area contributed by atoms with E-state index in [1.165, 1.54) is 12.1 Å². The van der Waals surface area contributed by atoms with Gasteiger partial charge in [0, 0.05) is 6.42 Å². The lowest BCUT2D eigenvalue weighted by atomic mass is 9.92. The summed E-state index contributed by atoms with van der Waals surface area (Å²) < 4.78 is 11.3. The van der Waals surface area contributed by atoms with Crippen molar-refractivity contribution in [2.75, 3.05) is 18.5 Å². The van der Waals surface area contributed by atoms with E-state index >= 15 is 0 Å². The molecule has 0 spiro atoms. The van der Waals surface area contributed by atoms with Crippen molar-refractivity contribution in [3.63, 3.8) is 0 Å². The monoisotopic (exact) mass is 371 g/mol. The van der Waals surface area contributed by atoms with Crippen molar-refractivity contribution in [1.29, 1.82) is 0 Å². The fourth-order valence-electron chi connectivity index (χ4n) is 2.38. The van der Waals surface area contributed by atoms with Gasteiger partial charge in [0.25, 0.3) is 0 Å². The predicted octanol–water partition coefficient (Wildman–Crippen LogP) is 4.22. The second kappa shape index (κ2) is 9.07. The Morgan fingerprint density at radius 2 is 1.59 bits per heavy atom. The first-order valence-corrected chi connectivity index (χ1v) is 8.72. The van der Waals surface area contributed by atoms with Crippen LogP contribution in [0.25, 0.3) is 0 Å². The minimum absolute atomic E-state index is 0.0617. The van der Waals surface area contributed by atoms with Crippen LogP contribution in [-0.4, -0.2) is 30.2 Å². The highest BCUT2D eigenvalue weighted by atomic mass is 16.5. The Kier molecular flexibility index (Phi) is 6.82. The lowest BCUT2D eigenvalue weighted by Crippen LogP contribution is -2.20. The van der Waals surface area contributed by atoms with Gasteiger partial charge in [0.05, 0.1) is 11.3 Å². The van der Waals surface area contributed by atoms with E-state index in [2.05, 4.69) is 5.32 Å². The number of carbonyl (C=O) groups is 2. The van der Waals surface area contributed by atoms with Crippen molar-refractivity contribution in [3.8, 4) is 11.5 Å². The average molecular weight is 371 g/mol. The van der Waals surface area contributed by atoms with Crippen molar-refractivity contribution in [2.45, 2.75) is 27.2 Å². The Bertz CT molecular complexity index is 778. The summed E-state index contributed by atoms with van der Waals surface area (Å²) in [6.07, 6.45) is 0.413. The van der Waals surface area contributed by atoms with Crippen LogP contribution in [0.15, 0.2) is 48.5 Å². The van der Waals surface area contributed by atoms with Gasteiger partial charge in [0.2, 0.25) is 5.91 Å².